The minimum Gasteiger partial charge on any atom is -0.392 e. The fourth-order valence-electron chi connectivity index (χ4n) is 1.45. The Morgan fingerprint density at radius 2 is 2.17 bits per heavy atom. The number of nitrogens with zero attached hydrogens (tertiary/aromatic N) is 1. The molecule has 70 valence electrons. The maximum absolute atomic E-state index is 5.52. The third-order valence-corrected chi connectivity index (χ3v) is 2.15. The van der Waals surface area contributed by atoms with Crippen molar-refractivity contribution in [3.8, 4) is 0 Å². The smallest absolute Gasteiger partial charge is 0.0870 e. The molecule has 1 fully saturated rings. The maximum Gasteiger partial charge on any atom is 0.0870 e. The Kier molecular flexibility index (Phi) is 3.47. The van der Waals surface area contributed by atoms with Gasteiger partial charge in [-0.3, -0.25) is 4.90 Å². The topological polar surface area (TPSA) is 29.3 Å². The quantitative estimate of drug-likeness (QED) is 0.658. The Labute approximate surface area is 80.1 Å². The largest absolute Gasteiger partial charge is 0.392 e. The van der Waals surface area contributed by atoms with Crippen LogP contribution in [-0.4, -0.2) is 29.0 Å². The zero-order chi connectivity index (χ0) is 9.14. The molecule has 1 aliphatic carbocycles. The summed E-state index contributed by atoms with van der Waals surface area (Å²) in [4.78, 5) is 3.04. The molecule has 0 saturated heterocycles. The number of thiocarbonyl (C=S) groups is 1. The van der Waals surface area contributed by atoms with Crippen LogP contribution in [0, 0.1) is 5.92 Å². The van der Waals surface area contributed by atoms with Gasteiger partial charge in [-0.25, -0.2) is 0 Å². The van der Waals surface area contributed by atoms with E-state index in [0.29, 0.717) is 10.9 Å². The van der Waals surface area contributed by atoms with E-state index in [1.54, 1.807) is 0 Å². The van der Waals surface area contributed by atoms with Crippen molar-refractivity contribution >= 4 is 17.2 Å². The van der Waals surface area contributed by atoms with Gasteiger partial charge in [0, 0.05) is 19.1 Å². The molecule has 0 bridgehead atoms. The van der Waals surface area contributed by atoms with E-state index in [1.807, 2.05) is 0 Å². The Bertz CT molecular complexity index is 164. The van der Waals surface area contributed by atoms with E-state index in [-0.39, 0.29) is 0 Å². The molecule has 0 aliphatic heterocycles. The van der Waals surface area contributed by atoms with Gasteiger partial charge in [0.15, 0.2) is 0 Å². The molecule has 0 radical (unpaired) electrons. The first-order chi connectivity index (χ1) is 5.59. The van der Waals surface area contributed by atoms with Crippen molar-refractivity contribution in [2.45, 2.75) is 32.7 Å². The van der Waals surface area contributed by atoms with Crippen LogP contribution in [0.5, 0.6) is 0 Å². The molecule has 0 unspecified atom stereocenters. The number of rotatable bonds is 5. The summed E-state index contributed by atoms with van der Waals surface area (Å²) in [6.45, 7) is 6.39. The Balaban J connectivity index is 2.32. The highest BCUT2D eigenvalue weighted by molar-refractivity contribution is 7.80. The highest BCUT2D eigenvalue weighted by Gasteiger charge is 2.29. The third kappa shape index (κ3) is 3.50. The standard InChI is InChI=1S/C9H18N2S/c1-7(2)5-11(6-9(10)12)8-3-4-8/h7-8H,3-6H2,1-2H3,(H2,10,12). The van der Waals surface area contributed by atoms with Crippen molar-refractivity contribution in [2.75, 3.05) is 13.1 Å². The Morgan fingerprint density at radius 1 is 1.58 bits per heavy atom. The van der Waals surface area contributed by atoms with Crippen LogP contribution in [-0.2, 0) is 0 Å². The molecule has 12 heavy (non-hydrogen) atoms. The van der Waals surface area contributed by atoms with Crippen LogP contribution in [0.4, 0.5) is 0 Å². The molecule has 1 saturated carbocycles. The summed E-state index contributed by atoms with van der Waals surface area (Å²) in [6.07, 6.45) is 2.66. The molecule has 3 heteroatoms. The zero-order valence-electron chi connectivity index (χ0n) is 7.92. The molecule has 1 rings (SSSR count). The maximum atomic E-state index is 5.52. The Hall–Kier alpha value is -0.150. The summed E-state index contributed by atoms with van der Waals surface area (Å²) >= 11 is 4.91. The first-order valence-electron chi connectivity index (χ1n) is 4.62. The summed E-state index contributed by atoms with van der Waals surface area (Å²) in [5.74, 6) is 0.708. The summed E-state index contributed by atoms with van der Waals surface area (Å²) in [5.41, 5.74) is 5.52. The highest BCUT2D eigenvalue weighted by Crippen LogP contribution is 2.27. The second kappa shape index (κ2) is 4.19. The predicted molar refractivity (Wildman–Crippen MR) is 56.2 cm³/mol. The van der Waals surface area contributed by atoms with Crippen LogP contribution in [0.15, 0.2) is 0 Å². The minimum absolute atomic E-state index is 0.627. The van der Waals surface area contributed by atoms with Crippen LogP contribution < -0.4 is 5.73 Å². The van der Waals surface area contributed by atoms with Gasteiger partial charge in [-0.1, -0.05) is 26.1 Å². The molecular formula is C9H18N2S. The molecule has 2 nitrogen and oxygen atoms in total. The lowest BCUT2D eigenvalue weighted by molar-refractivity contribution is 0.267. The van der Waals surface area contributed by atoms with Gasteiger partial charge in [-0.2, -0.15) is 0 Å². The fraction of sp³-hybridized carbons (Fsp3) is 0.889. The summed E-state index contributed by atoms with van der Waals surface area (Å²) in [7, 11) is 0. The summed E-state index contributed by atoms with van der Waals surface area (Å²) in [5, 5.41) is 0. The van der Waals surface area contributed by atoms with E-state index < -0.39 is 0 Å². The van der Waals surface area contributed by atoms with Crippen molar-refractivity contribution in [1.29, 1.82) is 0 Å². The molecule has 0 aromatic heterocycles. The third-order valence-electron chi connectivity index (χ3n) is 2.02. The van der Waals surface area contributed by atoms with Crippen molar-refractivity contribution in [3.05, 3.63) is 0 Å². The van der Waals surface area contributed by atoms with Crippen molar-refractivity contribution in [3.63, 3.8) is 0 Å². The van der Waals surface area contributed by atoms with Crippen molar-refractivity contribution in [2.24, 2.45) is 11.7 Å². The average molecular weight is 186 g/mol. The molecular weight excluding hydrogens is 168 g/mol. The highest BCUT2D eigenvalue weighted by atomic mass is 32.1. The van der Waals surface area contributed by atoms with Gasteiger partial charge in [0.25, 0.3) is 0 Å². The van der Waals surface area contributed by atoms with Gasteiger partial charge in [0.2, 0.25) is 0 Å². The van der Waals surface area contributed by atoms with Gasteiger partial charge < -0.3 is 5.73 Å². The zero-order valence-corrected chi connectivity index (χ0v) is 8.73. The molecule has 0 heterocycles. The molecule has 0 amide bonds. The van der Waals surface area contributed by atoms with Crippen LogP contribution in [0.3, 0.4) is 0 Å². The van der Waals surface area contributed by atoms with E-state index in [9.17, 15) is 0 Å². The lowest BCUT2D eigenvalue weighted by Crippen LogP contribution is -2.36. The van der Waals surface area contributed by atoms with Crippen molar-refractivity contribution < 1.29 is 0 Å². The van der Waals surface area contributed by atoms with Crippen LogP contribution in [0.1, 0.15) is 26.7 Å². The second-order valence-electron chi connectivity index (χ2n) is 4.02. The van der Waals surface area contributed by atoms with Crippen LogP contribution in [0.2, 0.25) is 0 Å². The normalized spacial score (nSPS) is 17.3. The van der Waals surface area contributed by atoms with Crippen molar-refractivity contribution in [1.82, 2.24) is 4.90 Å². The molecule has 2 N–H and O–H groups in total. The molecule has 1 aliphatic rings. The molecule has 0 spiro atoms. The Morgan fingerprint density at radius 3 is 2.50 bits per heavy atom. The minimum atomic E-state index is 0.627. The van der Waals surface area contributed by atoms with Crippen LogP contribution >= 0.6 is 12.2 Å². The van der Waals surface area contributed by atoms with E-state index in [0.717, 1.165) is 19.1 Å². The lowest BCUT2D eigenvalue weighted by atomic mass is 10.2. The number of nitrogens with two attached hydrogens (primary N) is 1. The second-order valence-corrected chi connectivity index (χ2v) is 4.55. The fourth-order valence-corrected chi connectivity index (χ4v) is 1.62. The first kappa shape index (κ1) is 9.93. The summed E-state index contributed by atoms with van der Waals surface area (Å²) < 4.78 is 0. The van der Waals surface area contributed by atoms with Crippen LogP contribution in [0.25, 0.3) is 0 Å². The summed E-state index contributed by atoms with van der Waals surface area (Å²) in [6, 6.07) is 0.772. The van der Waals surface area contributed by atoms with E-state index in [2.05, 4.69) is 18.7 Å². The SMILES string of the molecule is CC(C)CN(CC(N)=S)C1CC1. The van der Waals surface area contributed by atoms with Gasteiger partial charge in [0.05, 0.1) is 4.99 Å². The van der Waals surface area contributed by atoms with E-state index >= 15 is 0 Å². The average Bonchev–Trinajstić information content (AvgIpc) is 2.63. The monoisotopic (exact) mass is 186 g/mol. The first-order valence-corrected chi connectivity index (χ1v) is 5.02. The molecule has 0 atom stereocenters. The predicted octanol–water partition coefficient (Wildman–Crippen LogP) is 1.39. The number of hydrogen-bond donors (Lipinski definition) is 1. The molecule has 0 aromatic rings. The van der Waals surface area contributed by atoms with Gasteiger partial charge in [-0.15, -0.1) is 0 Å². The molecule has 0 aromatic carbocycles. The van der Waals surface area contributed by atoms with E-state index in [4.69, 9.17) is 18.0 Å². The number of hydrogen-bond acceptors (Lipinski definition) is 2. The van der Waals surface area contributed by atoms with Gasteiger partial charge in [-0.05, 0) is 18.8 Å². The van der Waals surface area contributed by atoms with Gasteiger partial charge in [0.1, 0.15) is 0 Å². The lowest BCUT2D eigenvalue weighted by Gasteiger charge is -2.22. The van der Waals surface area contributed by atoms with Gasteiger partial charge >= 0.3 is 0 Å². The van der Waals surface area contributed by atoms with E-state index in [1.165, 1.54) is 12.8 Å².